The monoisotopic (exact) mass is 191 g/mol. The van der Waals surface area contributed by atoms with Crippen LogP contribution in [-0.4, -0.2) is 13.4 Å². The van der Waals surface area contributed by atoms with E-state index in [0.29, 0.717) is 10.8 Å². The highest BCUT2D eigenvalue weighted by atomic mass is 35.5. The third-order valence-electron chi connectivity index (χ3n) is 1.22. The molecule has 0 fully saturated rings. The van der Waals surface area contributed by atoms with E-state index in [-0.39, 0.29) is 4.90 Å². The van der Waals surface area contributed by atoms with Crippen molar-refractivity contribution in [3.05, 3.63) is 23.0 Å². The second-order valence-corrected chi connectivity index (χ2v) is 3.38. The predicted molar refractivity (Wildman–Crippen MR) is 42.6 cm³/mol. The lowest BCUT2D eigenvalue weighted by Crippen LogP contribution is -1.89. The Morgan fingerprint density at radius 1 is 1.45 bits per heavy atom. The highest BCUT2D eigenvalue weighted by Gasteiger charge is 2.01. The largest absolute Gasteiger partial charge is 0.240 e. The molecule has 0 aromatic carbocycles. The van der Waals surface area contributed by atoms with E-state index in [9.17, 15) is 8.42 Å². The van der Waals surface area contributed by atoms with Gasteiger partial charge < -0.3 is 0 Å². The van der Waals surface area contributed by atoms with Crippen LogP contribution in [0.2, 0.25) is 5.15 Å². The van der Waals surface area contributed by atoms with Gasteiger partial charge in [-0.3, -0.25) is 0 Å². The van der Waals surface area contributed by atoms with Crippen molar-refractivity contribution in [3.8, 4) is 0 Å². The number of halogens is 1. The van der Waals surface area contributed by atoms with Crippen LogP contribution < -0.4 is 0 Å². The van der Waals surface area contributed by atoms with Crippen molar-refractivity contribution in [2.45, 2.75) is 11.8 Å². The minimum Gasteiger partial charge on any atom is -0.240 e. The first-order valence-electron chi connectivity index (χ1n) is 2.89. The van der Waals surface area contributed by atoms with Crippen LogP contribution in [0.3, 0.4) is 0 Å². The Morgan fingerprint density at radius 2 is 2.09 bits per heavy atom. The van der Waals surface area contributed by atoms with Crippen molar-refractivity contribution >= 4 is 22.3 Å². The van der Waals surface area contributed by atoms with Crippen LogP contribution in [0.15, 0.2) is 17.0 Å². The average Bonchev–Trinajstić information content (AvgIpc) is 1.85. The number of hydrogen-bond acceptors (Lipinski definition) is 3. The molecule has 0 aliphatic heterocycles. The molecule has 0 radical (unpaired) electrons. The molecular weight excluding hydrogens is 186 g/mol. The smallest absolute Gasteiger partial charge is 0.170 e. The van der Waals surface area contributed by atoms with Gasteiger partial charge in [0.2, 0.25) is 0 Å². The van der Waals surface area contributed by atoms with Gasteiger partial charge in [0.05, 0.1) is 10.6 Å². The number of aryl methyl sites for hydroxylation is 1. The van der Waals surface area contributed by atoms with Gasteiger partial charge in [0.1, 0.15) is 5.15 Å². The normalized spacial score (nSPS) is 10.5. The summed E-state index contributed by atoms with van der Waals surface area (Å²) in [5.41, 5.74) is 0.439. The zero-order valence-corrected chi connectivity index (χ0v) is 7.39. The second-order valence-electron chi connectivity index (χ2n) is 2.00. The summed E-state index contributed by atoms with van der Waals surface area (Å²) in [4.78, 5) is 4.00. The molecule has 0 unspecified atom stereocenters. The molecule has 3 nitrogen and oxygen atoms in total. The van der Waals surface area contributed by atoms with Crippen LogP contribution in [0.4, 0.5) is 0 Å². The number of rotatable bonds is 1. The van der Waals surface area contributed by atoms with Crippen molar-refractivity contribution in [3.63, 3.8) is 0 Å². The molecule has 1 aromatic heterocycles. The van der Waals surface area contributed by atoms with Crippen LogP contribution in [0, 0.1) is 6.92 Å². The minimum absolute atomic E-state index is 0.226. The number of hydrogen-bond donors (Lipinski definition) is 1. The molecule has 0 aliphatic carbocycles. The van der Waals surface area contributed by atoms with Crippen LogP contribution in [0.5, 0.6) is 0 Å². The molecule has 11 heavy (non-hydrogen) atoms. The lowest BCUT2D eigenvalue weighted by Gasteiger charge is -1.95. The highest BCUT2D eigenvalue weighted by molar-refractivity contribution is 7.72. The maximum atomic E-state index is 10.5. The molecule has 1 aromatic rings. The number of aromatic nitrogens is 1. The Bertz CT molecular complexity index is 340. The lowest BCUT2D eigenvalue weighted by atomic mass is 10.4. The van der Waals surface area contributed by atoms with Gasteiger partial charge in [-0.05, 0) is 19.1 Å². The Balaban J connectivity index is 3.31. The van der Waals surface area contributed by atoms with Crippen molar-refractivity contribution in [2.24, 2.45) is 0 Å². The van der Waals surface area contributed by atoms with Crippen LogP contribution in [-0.2, 0) is 10.7 Å². The fraction of sp³-hybridized carbons (Fsp3) is 0.167. The van der Waals surface area contributed by atoms with E-state index in [4.69, 9.17) is 11.6 Å². The van der Waals surface area contributed by atoms with Gasteiger partial charge in [-0.2, -0.15) is 0 Å². The topological polar surface area (TPSA) is 47.0 Å². The summed E-state index contributed by atoms with van der Waals surface area (Å²) in [6.45, 7) is 1.60. The molecule has 0 aliphatic rings. The molecule has 0 saturated heterocycles. The first kappa shape index (κ1) is 8.49. The Hall–Kier alpha value is -0.610. The number of pyridine rings is 1. The molecule has 5 heteroatoms. The van der Waals surface area contributed by atoms with E-state index in [1.807, 2.05) is 0 Å². The molecular formula is C6H6ClNO2S. The van der Waals surface area contributed by atoms with E-state index in [1.165, 1.54) is 12.1 Å². The molecule has 60 valence electrons. The van der Waals surface area contributed by atoms with Gasteiger partial charge in [0.25, 0.3) is 0 Å². The third kappa shape index (κ3) is 1.91. The number of nitrogens with zero attached hydrogens (tertiary/aromatic N) is 1. The molecule has 0 spiro atoms. The first-order valence-corrected chi connectivity index (χ1v) is 4.44. The van der Waals surface area contributed by atoms with Crippen LogP contribution in [0.1, 0.15) is 5.69 Å². The summed E-state index contributed by atoms with van der Waals surface area (Å²) in [6, 6.07) is 2.89. The molecule has 0 N–H and O–H groups in total. The van der Waals surface area contributed by atoms with E-state index in [1.54, 1.807) is 6.92 Å². The first-order chi connectivity index (χ1) is 5.11. The molecule has 0 atom stereocenters. The second kappa shape index (κ2) is 3.19. The van der Waals surface area contributed by atoms with Crippen molar-refractivity contribution in [2.75, 3.05) is 0 Å². The zero-order chi connectivity index (χ0) is 8.43. The lowest BCUT2D eigenvalue weighted by molar-refractivity contribution is 0.613. The fourth-order valence-corrected chi connectivity index (χ4v) is 1.42. The van der Waals surface area contributed by atoms with Gasteiger partial charge in [0, 0.05) is 0 Å². The van der Waals surface area contributed by atoms with Gasteiger partial charge in [-0.25, -0.2) is 13.4 Å². The van der Waals surface area contributed by atoms with E-state index in [2.05, 4.69) is 4.98 Å². The summed E-state index contributed by atoms with van der Waals surface area (Å²) in [7, 11) is -2.55. The SMILES string of the molecule is Cc1nc(Cl)ccc1[SH](=O)=O. The standard InChI is InChI=1S/C6H6ClNO2S/c1-4-5(11(9)10)2-3-6(7)8-4/h2-3,11H,1H3. The molecule has 0 bridgehead atoms. The third-order valence-corrected chi connectivity index (χ3v) is 2.30. The van der Waals surface area contributed by atoms with Crippen LogP contribution >= 0.6 is 11.6 Å². The Labute approximate surface area is 71.0 Å². The maximum absolute atomic E-state index is 10.5. The summed E-state index contributed by atoms with van der Waals surface area (Å²) >= 11 is 5.51. The van der Waals surface area contributed by atoms with Gasteiger partial charge >= 0.3 is 0 Å². The molecule has 0 saturated carbocycles. The summed E-state index contributed by atoms with van der Waals surface area (Å²) in [6.07, 6.45) is 0. The summed E-state index contributed by atoms with van der Waals surface area (Å²) in [5.74, 6) is 0. The van der Waals surface area contributed by atoms with Crippen molar-refractivity contribution < 1.29 is 8.42 Å². The quantitative estimate of drug-likeness (QED) is 0.533. The Kier molecular flexibility index (Phi) is 2.46. The molecule has 1 rings (SSSR count). The van der Waals surface area contributed by atoms with Crippen LogP contribution in [0.25, 0.3) is 0 Å². The highest BCUT2D eigenvalue weighted by Crippen LogP contribution is 2.11. The maximum Gasteiger partial charge on any atom is 0.170 e. The van der Waals surface area contributed by atoms with Crippen molar-refractivity contribution in [1.29, 1.82) is 0 Å². The summed E-state index contributed by atoms with van der Waals surface area (Å²) in [5, 5.41) is 0.308. The van der Waals surface area contributed by atoms with Crippen molar-refractivity contribution in [1.82, 2.24) is 4.98 Å². The van der Waals surface area contributed by atoms with E-state index < -0.39 is 10.7 Å². The Morgan fingerprint density at radius 3 is 2.55 bits per heavy atom. The minimum atomic E-state index is -2.55. The predicted octanol–water partition coefficient (Wildman–Crippen LogP) is 1.01. The fourth-order valence-electron chi connectivity index (χ4n) is 0.716. The van der Waals surface area contributed by atoms with Gasteiger partial charge in [0.15, 0.2) is 10.7 Å². The summed E-state index contributed by atoms with van der Waals surface area (Å²) < 4.78 is 21.0. The van der Waals surface area contributed by atoms with Gasteiger partial charge in [-0.1, -0.05) is 11.6 Å². The average molecular weight is 192 g/mol. The number of thiol groups is 1. The van der Waals surface area contributed by atoms with E-state index in [0.717, 1.165) is 0 Å². The van der Waals surface area contributed by atoms with Gasteiger partial charge in [-0.15, -0.1) is 0 Å². The molecule has 0 amide bonds. The molecule has 1 heterocycles. The zero-order valence-electron chi connectivity index (χ0n) is 5.74. The van der Waals surface area contributed by atoms with E-state index >= 15 is 0 Å².